The Morgan fingerprint density at radius 3 is 2.86 bits per heavy atom. The molecule has 3 unspecified atom stereocenters. The van der Waals surface area contributed by atoms with E-state index in [1.165, 1.54) is 23.9 Å². The van der Waals surface area contributed by atoms with Gasteiger partial charge in [0.2, 0.25) is 0 Å². The Bertz CT molecular complexity index is 784. The molecule has 28 heavy (non-hydrogen) atoms. The number of aliphatic imine (C=N–C) groups is 1. The number of rotatable bonds is 2. The fraction of sp³-hybridized carbons (Fsp3) is 0.579. The largest absolute Gasteiger partial charge is 0.444 e. The van der Waals surface area contributed by atoms with E-state index in [1.54, 1.807) is 20.8 Å². The number of halogens is 2. The molecule has 2 aliphatic heterocycles. The van der Waals surface area contributed by atoms with E-state index in [4.69, 9.17) is 9.47 Å². The second-order valence-corrected chi connectivity index (χ2v) is 8.96. The highest BCUT2D eigenvalue weighted by Gasteiger charge is 2.49. The molecule has 0 aromatic heterocycles. The van der Waals surface area contributed by atoms with Crippen molar-refractivity contribution in [2.24, 2.45) is 10.9 Å². The highest BCUT2D eigenvalue weighted by molar-refractivity contribution is 8.13. The summed E-state index contributed by atoms with van der Waals surface area (Å²) in [6, 6.07) is 3.36. The molecule has 1 fully saturated rings. The van der Waals surface area contributed by atoms with E-state index >= 15 is 0 Å². The summed E-state index contributed by atoms with van der Waals surface area (Å²) >= 11 is 1.32. The van der Waals surface area contributed by atoms with Crippen LogP contribution in [0, 0.1) is 17.6 Å². The predicted molar refractivity (Wildman–Crippen MR) is 102 cm³/mol. The number of aliphatic hydroxyl groups is 1. The van der Waals surface area contributed by atoms with Crippen LogP contribution in [0.3, 0.4) is 0 Å². The summed E-state index contributed by atoms with van der Waals surface area (Å²) in [7, 11) is 0. The Hall–Kier alpha value is -1.71. The quantitative estimate of drug-likeness (QED) is 0.777. The van der Waals surface area contributed by atoms with E-state index in [1.807, 2.05) is 0 Å². The minimum atomic E-state index is -1.11. The number of aliphatic hydroxyl groups excluding tert-OH is 1. The lowest BCUT2D eigenvalue weighted by Crippen LogP contribution is -2.52. The van der Waals surface area contributed by atoms with Gasteiger partial charge in [-0.1, -0.05) is 17.8 Å². The topological polar surface area (TPSA) is 80.2 Å². The Balaban J connectivity index is 1.95. The van der Waals surface area contributed by atoms with E-state index in [-0.39, 0.29) is 30.8 Å². The molecule has 0 spiro atoms. The van der Waals surface area contributed by atoms with Gasteiger partial charge in [0.25, 0.3) is 0 Å². The average Bonchev–Trinajstić information content (AvgIpc) is 2.59. The van der Waals surface area contributed by atoms with Gasteiger partial charge < -0.3 is 14.6 Å². The number of nitrogens with zero attached hydrogens (tertiary/aromatic N) is 1. The number of thioether (sulfide) groups is 1. The van der Waals surface area contributed by atoms with Crippen LogP contribution in [0.1, 0.15) is 32.8 Å². The molecule has 154 valence electrons. The molecule has 2 aliphatic rings. The van der Waals surface area contributed by atoms with Crippen LogP contribution < -0.4 is 5.32 Å². The number of amides is 1. The lowest BCUT2D eigenvalue weighted by molar-refractivity contribution is -0.0771. The molecule has 1 amide bonds. The van der Waals surface area contributed by atoms with Crippen molar-refractivity contribution in [1.82, 2.24) is 5.32 Å². The van der Waals surface area contributed by atoms with Gasteiger partial charge in [-0.25, -0.2) is 18.6 Å². The van der Waals surface area contributed by atoms with Crippen LogP contribution in [0.2, 0.25) is 0 Å². The van der Waals surface area contributed by atoms with E-state index in [2.05, 4.69) is 10.3 Å². The normalized spacial score (nSPS) is 27.6. The number of amidine groups is 1. The van der Waals surface area contributed by atoms with Crippen LogP contribution in [0.25, 0.3) is 0 Å². The SMILES string of the molecule is CC(C)(C)OC(=O)NC1=NC2(c3ccc(F)cc3F)COC(CO)CC2CS1. The summed E-state index contributed by atoms with van der Waals surface area (Å²) in [6.07, 6.45) is -0.543. The molecule has 1 saturated heterocycles. The lowest BCUT2D eigenvalue weighted by Gasteiger charge is -2.46. The number of nitrogens with one attached hydrogen (secondary N) is 1. The van der Waals surface area contributed by atoms with Crippen LogP contribution >= 0.6 is 11.8 Å². The predicted octanol–water partition coefficient (Wildman–Crippen LogP) is 3.19. The molecule has 6 nitrogen and oxygen atoms in total. The number of hydrogen-bond acceptors (Lipinski definition) is 6. The molecule has 2 N–H and O–H groups in total. The van der Waals surface area contributed by atoms with Gasteiger partial charge in [-0.3, -0.25) is 5.32 Å². The van der Waals surface area contributed by atoms with Gasteiger partial charge in [-0.2, -0.15) is 0 Å². The third-order valence-electron chi connectivity index (χ3n) is 4.69. The second-order valence-electron chi connectivity index (χ2n) is 7.95. The minimum Gasteiger partial charge on any atom is -0.444 e. The Labute approximate surface area is 166 Å². The Morgan fingerprint density at radius 2 is 2.21 bits per heavy atom. The van der Waals surface area contributed by atoms with E-state index in [0.29, 0.717) is 17.3 Å². The number of benzene rings is 1. The van der Waals surface area contributed by atoms with Crippen molar-refractivity contribution in [1.29, 1.82) is 0 Å². The number of carbonyl (C=O) groups excluding carboxylic acids is 1. The van der Waals surface area contributed by atoms with Crippen molar-refractivity contribution in [2.45, 2.75) is 44.4 Å². The molecule has 0 bridgehead atoms. The number of fused-ring (bicyclic) bond motifs is 1. The lowest BCUT2D eigenvalue weighted by atomic mass is 9.75. The van der Waals surface area contributed by atoms with Gasteiger partial charge in [-0.15, -0.1) is 0 Å². The van der Waals surface area contributed by atoms with Crippen molar-refractivity contribution in [3.05, 3.63) is 35.4 Å². The van der Waals surface area contributed by atoms with Crippen molar-refractivity contribution >= 4 is 23.0 Å². The molecular formula is C19H24F2N2O4S. The Kier molecular flexibility index (Phi) is 5.97. The number of ether oxygens (including phenoxy) is 2. The summed E-state index contributed by atoms with van der Waals surface area (Å²) in [4.78, 5) is 16.8. The smallest absolute Gasteiger partial charge is 0.413 e. The maximum atomic E-state index is 14.7. The van der Waals surface area contributed by atoms with Crippen molar-refractivity contribution in [3.63, 3.8) is 0 Å². The standard InChI is InChI=1S/C19H24F2N2O4S/c1-18(2,3)27-17(25)22-16-23-19(14-5-4-12(20)7-15(14)21)10-26-13(8-24)6-11(19)9-28-16/h4-5,7,11,13,24H,6,8-10H2,1-3H3,(H,22,23,25). The van der Waals surface area contributed by atoms with Crippen LogP contribution in [0.5, 0.6) is 0 Å². The first kappa shape index (κ1) is 21.0. The molecular weight excluding hydrogens is 390 g/mol. The fourth-order valence-electron chi connectivity index (χ4n) is 3.45. The molecule has 0 saturated carbocycles. The summed E-state index contributed by atoms with van der Waals surface area (Å²) in [5, 5.41) is 12.3. The second kappa shape index (κ2) is 7.96. The van der Waals surface area contributed by atoms with Gasteiger partial charge in [-0.05, 0) is 33.3 Å². The van der Waals surface area contributed by atoms with Gasteiger partial charge in [0.05, 0.1) is 19.3 Å². The number of alkyl carbamates (subject to hydrolysis) is 1. The molecule has 9 heteroatoms. The minimum absolute atomic E-state index is 0.0193. The van der Waals surface area contributed by atoms with Crippen LogP contribution in [0.15, 0.2) is 23.2 Å². The van der Waals surface area contributed by atoms with E-state index in [9.17, 15) is 18.7 Å². The zero-order valence-electron chi connectivity index (χ0n) is 16.0. The maximum Gasteiger partial charge on any atom is 0.413 e. The van der Waals surface area contributed by atoms with Crippen molar-refractivity contribution in [2.75, 3.05) is 19.0 Å². The first-order chi connectivity index (χ1) is 13.1. The molecule has 0 aliphatic carbocycles. The van der Waals surface area contributed by atoms with Crippen LogP contribution in [0.4, 0.5) is 13.6 Å². The molecule has 0 radical (unpaired) electrons. The first-order valence-corrected chi connectivity index (χ1v) is 10.0. The van der Waals surface area contributed by atoms with Crippen molar-refractivity contribution in [3.8, 4) is 0 Å². The number of carbonyl (C=O) groups is 1. The molecule has 1 aromatic rings. The zero-order chi connectivity index (χ0) is 20.5. The Morgan fingerprint density at radius 1 is 1.46 bits per heavy atom. The summed E-state index contributed by atoms with van der Waals surface area (Å²) in [5.41, 5.74) is -1.58. The van der Waals surface area contributed by atoms with E-state index in [0.717, 1.165) is 6.07 Å². The summed E-state index contributed by atoms with van der Waals surface area (Å²) in [6.45, 7) is 5.12. The monoisotopic (exact) mass is 414 g/mol. The van der Waals surface area contributed by atoms with Crippen LogP contribution in [-0.4, -0.2) is 47.0 Å². The zero-order valence-corrected chi connectivity index (χ0v) is 16.8. The van der Waals surface area contributed by atoms with Gasteiger partial charge in [0.1, 0.15) is 22.8 Å². The molecule has 1 aromatic carbocycles. The highest BCUT2D eigenvalue weighted by atomic mass is 32.2. The highest BCUT2D eigenvalue weighted by Crippen LogP contribution is 2.46. The maximum absolute atomic E-state index is 14.7. The first-order valence-electron chi connectivity index (χ1n) is 9.03. The van der Waals surface area contributed by atoms with Crippen LogP contribution in [-0.2, 0) is 15.0 Å². The fourth-order valence-corrected chi connectivity index (χ4v) is 4.60. The molecule has 3 atom stereocenters. The molecule has 2 heterocycles. The summed E-state index contributed by atoms with van der Waals surface area (Å²) in [5.74, 6) is -1.01. The summed E-state index contributed by atoms with van der Waals surface area (Å²) < 4.78 is 39.1. The third kappa shape index (κ3) is 4.47. The van der Waals surface area contributed by atoms with Gasteiger partial charge in [0.15, 0.2) is 5.17 Å². The van der Waals surface area contributed by atoms with Gasteiger partial charge in [0, 0.05) is 23.3 Å². The van der Waals surface area contributed by atoms with E-state index < -0.39 is 28.9 Å². The third-order valence-corrected chi connectivity index (χ3v) is 5.73. The van der Waals surface area contributed by atoms with Crippen molar-refractivity contribution < 1.29 is 28.2 Å². The number of hydrogen-bond donors (Lipinski definition) is 2. The van der Waals surface area contributed by atoms with Gasteiger partial charge >= 0.3 is 6.09 Å². The molecule has 3 rings (SSSR count). The average molecular weight is 414 g/mol.